The van der Waals surface area contributed by atoms with Gasteiger partial charge < -0.3 is 10.2 Å². The van der Waals surface area contributed by atoms with Crippen LogP contribution in [0.25, 0.3) is 0 Å². The highest BCUT2D eigenvalue weighted by molar-refractivity contribution is 7.99. The second kappa shape index (κ2) is 7.66. The van der Waals surface area contributed by atoms with Crippen LogP contribution in [0, 0.1) is 0 Å². The van der Waals surface area contributed by atoms with Gasteiger partial charge in [0, 0.05) is 35.0 Å². The molecule has 0 aliphatic carbocycles. The number of nitrogens with one attached hydrogen (secondary N) is 1. The minimum Gasteiger partial charge on any atom is -0.325 e. The van der Waals surface area contributed by atoms with Crippen molar-refractivity contribution in [3.05, 3.63) is 46.7 Å². The number of anilines is 2. The molecule has 6 heteroatoms. The molecule has 2 heterocycles. The predicted molar refractivity (Wildman–Crippen MR) is 97.1 cm³/mol. The predicted octanol–water partition coefficient (Wildman–Crippen LogP) is 3.75. The van der Waals surface area contributed by atoms with E-state index in [1.807, 2.05) is 35.7 Å². The first-order valence-corrected chi connectivity index (χ1v) is 9.56. The van der Waals surface area contributed by atoms with Crippen molar-refractivity contribution in [2.24, 2.45) is 0 Å². The van der Waals surface area contributed by atoms with Crippen LogP contribution in [0.1, 0.15) is 17.7 Å². The van der Waals surface area contributed by atoms with E-state index < -0.39 is 0 Å². The normalized spacial score (nSPS) is 14.3. The molecule has 23 heavy (non-hydrogen) atoms. The molecule has 0 spiro atoms. The van der Waals surface area contributed by atoms with E-state index in [-0.39, 0.29) is 11.8 Å². The summed E-state index contributed by atoms with van der Waals surface area (Å²) in [7, 11) is 0. The lowest BCUT2D eigenvalue weighted by Gasteiger charge is -2.16. The van der Waals surface area contributed by atoms with Gasteiger partial charge in [-0.3, -0.25) is 9.59 Å². The third-order valence-electron chi connectivity index (χ3n) is 3.57. The van der Waals surface area contributed by atoms with Crippen LogP contribution in [0.2, 0.25) is 0 Å². The highest BCUT2D eigenvalue weighted by Crippen LogP contribution is 2.24. The van der Waals surface area contributed by atoms with Gasteiger partial charge in [-0.25, -0.2) is 0 Å². The molecule has 120 valence electrons. The Kier molecular flexibility index (Phi) is 5.35. The first-order chi connectivity index (χ1) is 11.2. The van der Waals surface area contributed by atoms with Crippen LogP contribution in [0.5, 0.6) is 0 Å². The zero-order valence-corrected chi connectivity index (χ0v) is 14.3. The van der Waals surface area contributed by atoms with Crippen LogP contribution in [0.15, 0.2) is 41.8 Å². The second-order valence-electron chi connectivity index (χ2n) is 5.32. The van der Waals surface area contributed by atoms with Crippen LogP contribution < -0.4 is 10.2 Å². The van der Waals surface area contributed by atoms with Crippen LogP contribution in [0.3, 0.4) is 0 Å². The summed E-state index contributed by atoms with van der Waals surface area (Å²) in [6, 6.07) is 11.6. The number of rotatable bonds is 6. The fourth-order valence-electron chi connectivity index (χ4n) is 2.51. The van der Waals surface area contributed by atoms with Gasteiger partial charge in [0.2, 0.25) is 11.8 Å². The summed E-state index contributed by atoms with van der Waals surface area (Å²) < 4.78 is 0. The fraction of sp³-hybridized carbons (Fsp3) is 0.294. The molecule has 2 aromatic rings. The number of thiophene rings is 1. The highest BCUT2D eigenvalue weighted by atomic mass is 32.2. The SMILES string of the molecule is O=C(CSCc1cccs1)Nc1cccc(N2CCCC2=O)c1. The lowest BCUT2D eigenvalue weighted by Crippen LogP contribution is -2.23. The van der Waals surface area contributed by atoms with E-state index in [0.29, 0.717) is 12.2 Å². The Bertz CT molecular complexity index is 686. The number of benzene rings is 1. The minimum atomic E-state index is -0.0172. The quantitative estimate of drug-likeness (QED) is 0.867. The van der Waals surface area contributed by atoms with Gasteiger partial charge in [-0.15, -0.1) is 23.1 Å². The number of thioether (sulfide) groups is 1. The van der Waals surface area contributed by atoms with Crippen LogP contribution in [-0.2, 0) is 15.3 Å². The lowest BCUT2D eigenvalue weighted by molar-refractivity contribution is -0.117. The van der Waals surface area contributed by atoms with Crippen molar-refractivity contribution in [2.75, 3.05) is 22.5 Å². The van der Waals surface area contributed by atoms with Gasteiger partial charge >= 0.3 is 0 Å². The van der Waals surface area contributed by atoms with Crippen LogP contribution >= 0.6 is 23.1 Å². The Morgan fingerprint density at radius 2 is 2.22 bits per heavy atom. The number of nitrogens with zero attached hydrogens (tertiary/aromatic N) is 1. The summed E-state index contributed by atoms with van der Waals surface area (Å²) in [5.41, 5.74) is 1.60. The molecule has 1 aromatic heterocycles. The van der Waals surface area contributed by atoms with Gasteiger partial charge in [0.1, 0.15) is 0 Å². The summed E-state index contributed by atoms with van der Waals surface area (Å²) in [6.45, 7) is 0.757. The summed E-state index contributed by atoms with van der Waals surface area (Å²) in [5.74, 6) is 1.41. The summed E-state index contributed by atoms with van der Waals surface area (Å²) in [6.07, 6.45) is 1.50. The Morgan fingerprint density at radius 3 is 2.96 bits per heavy atom. The van der Waals surface area contributed by atoms with Crippen molar-refractivity contribution < 1.29 is 9.59 Å². The lowest BCUT2D eigenvalue weighted by atomic mass is 10.2. The molecular weight excluding hydrogens is 328 g/mol. The third kappa shape index (κ3) is 4.36. The fourth-order valence-corrected chi connectivity index (χ4v) is 4.18. The molecule has 0 bridgehead atoms. The maximum Gasteiger partial charge on any atom is 0.234 e. The number of hydrogen-bond donors (Lipinski definition) is 1. The van der Waals surface area contributed by atoms with E-state index >= 15 is 0 Å². The van der Waals surface area contributed by atoms with Crippen molar-refractivity contribution in [1.82, 2.24) is 0 Å². The van der Waals surface area contributed by atoms with Crippen LogP contribution in [0.4, 0.5) is 11.4 Å². The smallest absolute Gasteiger partial charge is 0.234 e. The maximum atomic E-state index is 12.0. The standard InChI is InChI=1S/C17H18N2O2S2/c20-16(12-22-11-15-6-3-9-23-15)18-13-4-1-5-14(10-13)19-8-2-7-17(19)21/h1,3-6,9-10H,2,7-8,11-12H2,(H,18,20). The van der Waals surface area contributed by atoms with Crippen molar-refractivity contribution in [1.29, 1.82) is 0 Å². The molecule has 1 aliphatic heterocycles. The minimum absolute atomic E-state index is 0.0172. The zero-order valence-electron chi connectivity index (χ0n) is 12.7. The van der Waals surface area contributed by atoms with E-state index in [0.717, 1.165) is 30.1 Å². The number of amides is 2. The van der Waals surface area contributed by atoms with Crippen molar-refractivity contribution in [3.8, 4) is 0 Å². The third-order valence-corrected chi connectivity index (χ3v) is 5.61. The number of hydrogen-bond acceptors (Lipinski definition) is 4. The van der Waals surface area contributed by atoms with E-state index in [9.17, 15) is 9.59 Å². The Balaban J connectivity index is 1.53. The van der Waals surface area contributed by atoms with Crippen LogP contribution in [-0.4, -0.2) is 24.1 Å². The maximum absolute atomic E-state index is 12.0. The summed E-state index contributed by atoms with van der Waals surface area (Å²) in [4.78, 5) is 26.9. The number of carbonyl (C=O) groups excluding carboxylic acids is 2. The topological polar surface area (TPSA) is 49.4 Å². The molecule has 0 unspecified atom stereocenters. The number of carbonyl (C=O) groups is 2. The molecule has 1 saturated heterocycles. The molecule has 2 amide bonds. The van der Waals surface area contributed by atoms with E-state index in [1.54, 1.807) is 28.0 Å². The van der Waals surface area contributed by atoms with Gasteiger partial charge in [-0.1, -0.05) is 12.1 Å². The molecule has 1 fully saturated rings. The van der Waals surface area contributed by atoms with Crippen molar-refractivity contribution in [3.63, 3.8) is 0 Å². The molecule has 3 rings (SSSR count). The molecule has 0 radical (unpaired) electrons. The molecule has 1 N–H and O–H groups in total. The molecule has 1 aliphatic rings. The van der Waals surface area contributed by atoms with Gasteiger partial charge in [-0.05, 0) is 36.1 Å². The van der Waals surface area contributed by atoms with E-state index in [1.165, 1.54) is 4.88 Å². The average molecular weight is 346 g/mol. The molecule has 4 nitrogen and oxygen atoms in total. The van der Waals surface area contributed by atoms with Gasteiger partial charge in [0.25, 0.3) is 0 Å². The summed E-state index contributed by atoms with van der Waals surface area (Å²) in [5, 5.41) is 4.95. The first kappa shape index (κ1) is 16.1. The van der Waals surface area contributed by atoms with Gasteiger partial charge in [0.15, 0.2) is 0 Å². The van der Waals surface area contributed by atoms with Gasteiger partial charge in [0.05, 0.1) is 5.75 Å². The second-order valence-corrected chi connectivity index (χ2v) is 7.34. The van der Waals surface area contributed by atoms with E-state index in [2.05, 4.69) is 11.4 Å². The zero-order chi connectivity index (χ0) is 16.1. The average Bonchev–Trinajstić information content (AvgIpc) is 3.19. The Labute approximate surface area is 143 Å². The Hall–Kier alpha value is -1.79. The van der Waals surface area contributed by atoms with Crippen molar-refractivity contribution >= 4 is 46.3 Å². The molecular formula is C17H18N2O2S2. The monoisotopic (exact) mass is 346 g/mol. The molecule has 0 atom stereocenters. The van der Waals surface area contributed by atoms with Crippen molar-refractivity contribution in [2.45, 2.75) is 18.6 Å². The largest absolute Gasteiger partial charge is 0.325 e. The first-order valence-electron chi connectivity index (χ1n) is 7.53. The molecule has 1 aromatic carbocycles. The summed E-state index contributed by atoms with van der Waals surface area (Å²) >= 11 is 3.31. The molecule has 0 saturated carbocycles. The van der Waals surface area contributed by atoms with Gasteiger partial charge in [-0.2, -0.15) is 0 Å². The highest BCUT2D eigenvalue weighted by Gasteiger charge is 2.21. The Morgan fingerprint density at radius 1 is 1.30 bits per heavy atom. The van der Waals surface area contributed by atoms with E-state index in [4.69, 9.17) is 0 Å².